The van der Waals surface area contributed by atoms with Crippen molar-refractivity contribution < 1.29 is 9.53 Å². The molecule has 0 aromatic rings. The van der Waals surface area contributed by atoms with E-state index < -0.39 is 5.60 Å². The number of carbonyl (C=O) groups is 1. The molecule has 1 saturated heterocycles. The van der Waals surface area contributed by atoms with Gasteiger partial charge in [-0.1, -0.05) is 0 Å². The molecule has 3 N–H and O–H groups in total. The fourth-order valence-corrected chi connectivity index (χ4v) is 1.38. The van der Waals surface area contributed by atoms with Crippen LogP contribution in [-0.4, -0.2) is 30.2 Å². The van der Waals surface area contributed by atoms with E-state index in [9.17, 15) is 4.79 Å². The summed E-state index contributed by atoms with van der Waals surface area (Å²) in [7, 11) is 0. The maximum absolute atomic E-state index is 11.0. The average Bonchev–Trinajstić information content (AvgIpc) is 1.94. The van der Waals surface area contributed by atoms with Crippen LogP contribution in [0.1, 0.15) is 20.8 Å². The van der Waals surface area contributed by atoms with Crippen molar-refractivity contribution in [2.24, 2.45) is 5.73 Å². The van der Waals surface area contributed by atoms with Crippen LogP contribution in [0.15, 0.2) is 0 Å². The second-order valence-electron chi connectivity index (χ2n) is 3.82. The van der Waals surface area contributed by atoms with Crippen LogP contribution in [0.25, 0.3) is 0 Å². The first kappa shape index (κ1) is 9.48. The Bertz CT molecular complexity index is 191. The van der Waals surface area contributed by atoms with Gasteiger partial charge >= 0.3 is 0 Å². The molecular formula is C8H16N2O2. The van der Waals surface area contributed by atoms with Crippen molar-refractivity contribution in [3.8, 4) is 0 Å². The number of amides is 1. The van der Waals surface area contributed by atoms with Gasteiger partial charge in [0, 0.05) is 6.04 Å². The van der Waals surface area contributed by atoms with Gasteiger partial charge in [0.15, 0.2) is 0 Å². The van der Waals surface area contributed by atoms with Crippen molar-refractivity contribution in [1.29, 1.82) is 0 Å². The third-order valence-electron chi connectivity index (χ3n) is 2.14. The maximum Gasteiger partial charge on any atom is 0.237 e. The van der Waals surface area contributed by atoms with Crippen molar-refractivity contribution in [3.63, 3.8) is 0 Å². The van der Waals surface area contributed by atoms with Gasteiger partial charge in [-0.2, -0.15) is 0 Å². The monoisotopic (exact) mass is 172 g/mol. The molecule has 0 aliphatic carbocycles. The largest absolute Gasteiger partial charge is 0.372 e. The third-order valence-corrected chi connectivity index (χ3v) is 2.14. The van der Waals surface area contributed by atoms with E-state index in [2.05, 4.69) is 5.32 Å². The highest BCUT2D eigenvalue weighted by molar-refractivity contribution is 5.81. The smallest absolute Gasteiger partial charge is 0.237 e. The van der Waals surface area contributed by atoms with Gasteiger partial charge < -0.3 is 10.5 Å². The standard InChI is InChI=1S/C8H16N2O2/c1-5-4-12-8(2,3)6(10-5)7(9)11/h5-6,10H,4H2,1-3H3,(H2,9,11). The number of hydrogen-bond donors (Lipinski definition) is 2. The van der Waals surface area contributed by atoms with Crippen LogP contribution in [0.4, 0.5) is 0 Å². The molecule has 0 bridgehead atoms. The first-order chi connectivity index (χ1) is 5.43. The quantitative estimate of drug-likeness (QED) is 0.567. The number of nitrogens with one attached hydrogen (secondary N) is 1. The summed E-state index contributed by atoms with van der Waals surface area (Å²) < 4.78 is 5.49. The minimum absolute atomic E-state index is 0.190. The van der Waals surface area contributed by atoms with Crippen molar-refractivity contribution in [2.45, 2.75) is 38.5 Å². The molecule has 2 unspecified atom stereocenters. The van der Waals surface area contributed by atoms with E-state index in [-0.39, 0.29) is 18.0 Å². The lowest BCUT2D eigenvalue weighted by Crippen LogP contribution is -2.63. The molecule has 0 spiro atoms. The Kier molecular flexibility index (Phi) is 2.39. The molecule has 1 amide bonds. The van der Waals surface area contributed by atoms with E-state index in [0.29, 0.717) is 6.61 Å². The van der Waals surface area contributed by atoms with Crippen LogP contribution in [-0.2, 0) is 9.53 Å². The Morgan fingerprint density at radius 3 is 2.67 bits per heavy atom. The molecule has 1 fully saturated rings. The number of primary amides is 1. The fraction of sp³-hybridized carbons (Fsp3) is 0.875. The van der Waals surface area contributed by atoms with Gasteiger partial charge in [-0.3, -0.25) is 10.1 Å². The molecule has 4 heteroatoms. The molecule has 0 saturated carbocycles. The minimum atomic E-state index is -0.488. The number of ether oxygens (including phenoxy) is 1. The summed E-state index contributed by atoms with van der Waals surface area (Å²) in [6, 6.07) is -0.197. The summed E-state index contributed by atoms with van der Waals surface area (Å²) in [6.07, 6.45) is 0. The van der Waals surface area contributed by atoms with Crippen LogP contribution in [0.2, 0.25) is 0 Å². The lowest BCUT2D eigenvalue weighted by atomic mass is 9.95. The SMILES string of the molecule is CC1COC(C)(C)C(C(N)=O)N1. The summed E-state index contributed by atoms with van der Waals surface area (Å²) >= 11 is 0. The minimum Gasteiger partial charge on any atom is -0.372 e. The van der Waals surface area contributed by atoms with E-state index >= 15 is 0 Å². The number of rotatable bonds is 1. The van der Waals surface area contributed by atoms with Crippen molar-refractivity contribution >= 4 is 5.91 Å². The summed E-state index contributed by atoms with van der Waals surface area (Å²) in [5, 5.41) is 3.11. The predicted molar refractivity (Wildman–Crippen MR) is 45.6 cm³/mol. The van der Waals surface area contributed by atoms with Crippen LogP contribution in [0, 0.1) is 0 Å². The molecular weight excluding hydrogens is 156 g/mol. The molecule has 4 nitrogen and oxygen atoms in total. The van der Waals surface area contributed by atoms with Crippen molar-refractivity contribution in [3.05, 3.63) is 0 Å². The lowest BCUT2D eigenvalue weighted by Gasteiger charge is -2.40. The van der Waals surface area contributed by atoms with E-state index in [4.69, 9.17) is 10.5 Å². The van der Waals surface area contributed by atoms with Gasteiger partial charge in [-0.15, -0.1) is 0 Å². The zero-order valence-electron chi connectivity index (χ0n) is 7.76. The van der Waals surface area contributed by atoms with Gasteiger partial charge in [0.2, 0.25) is 5.91 Å². The van der Waals surface area contributed by atoms with E-state index in [1.165, 1.54) is 0 Å². The highest BCUT2D eigenvalue weighted by atomic mass is 16.5. The highest BCUT2D eigenvalue weighted by Gasteiger charge is 2.39. The normalized spacial score (nSPS) is 34.6. The Labute approximate surface area is 72.5 Å². The molecule has 0 radical (unpaired) electrons. The van der Waals surface area contributed by atoms with E-state index in [0.717, 1.165) is 0 Å². The van der Waals surface area contributed by atoms with Gasteiger partial charge in [-0.05, 0) is 20.8 Å². The molecule has 1 rings (SSSR count). The molecule has 0 aromatic heterocycles. The second-order valence-corrected chi connectivity index (χ2v) is 3.82. The third kappa shape index (κ3) is 1.76. The van der Waals surface area contributed by atoms with Crippen molar-refractivity contribution in [2.75, 3.05) is 6.61 Å². The van der Waals surface area contributed by atoms with E-state index in [1.54, 1.807) is 0 Å². The second kappa shape index (κ2) is 3.03. The van der Waals surface area contributed by atoms with Crippen LogP contribution >= 0.6 is 0 Å². The lowest BCUT2D eigenvalue weighted by molar-refractivity contribution is -0.137. The molecule has 1 aliphatic heterocycles. The van der Waals surface area contributed by atoms with Crippen LogP contribution < -0.4 is 11.1 Å². The van der Waals surface area contributed by atoms with Crippen LogP contribution in [0.3, 0.4) is 0 Å². The molecule has 0 aromatic carbocycles. The number of morpholine rings is 1. The summed E-state index contributed by atoms with van der Waals surface area (Å²) in [6.45, 7) is 6.31. The molecule has 1 aliphatic rings. The zero-order valence-corrected chi connectivity index (χ0v) is 7.76. The van der Waals surface area contributed by atoms with Gasteiger partial charge in [0.05, 0.1) is 12.2 Å². The van der Waals surface area contributed by atoms with Gasteiger partial charge in [0.25, 0.3) is 0 Å². The Balaban J connectivity index is 2.72. The predicted octanol–water partition coefficient (Wildman–Crippen LogP) is -0.373. The van der Waals surface area contributed by atoms with Crippen LogP contribution in [0.5, 0.6) is 0 Å². The molecule has 12 heavy (non-hydrogen) atoms. The molecule has 1 heterocycles. The van der Waals surface area contributed by atoms with E-state index in [1.807, 2.05) is 20.8 Å². The average molecular weight is 172 g/mol. The zero-order chi connectivity index (χ0) is 9.35. The van der Waals surface area contributed by atoms with Gasteiger partial charge in [0.1, 0.15) is 6.04 Å². The Hall–Kier alpha value is -0.610. The summed E-state index contributed by atoms with van der Waals surface area (Å²) in [5.41, 5.74) is 4.74. The number of carbonyl (C=O) groups excluding carboxylic acids is 1. The van der Waals surface area contributed by atoms with Gasteiger partial charge in [-0.25, -0.2) is 0 Å². The fourth-order valence-electron chi connectivity index (χ4n) is 1.38. The molecule has 70 valence electrons. The molecule has 2 atom stereocenters. The van der Waals surface area contributed by atoms with Crippen molar-refractivity contribution in [1.82, 2.24) is 5.32 Å². The number of hydrogen-bond acceptors (Lipinski definition) is 3. The first-order valence-corrected chi connectivity index (χ1v) is 4.13. The Morgan fingerprint density at radius 1 is 1.67 bits per heavy atom. The topological polar surface area (TPSA) is 64.3 Å². The maximum atomic E-state index is 11.0. The summed E-state index contributed by atoms with van der Waals surface area (Å²) in [4.78, 5) is 11.0. The first-order valence-electron chi connectivity index (χ1n) is 4.13. The summed E-state index contributed by atoms with van der Waals surface area (Å²) in [5.74, 6) is -0.355. The number of nitrogens with two attached hydrogens (primary N) is 1. The highest BCUT2D eigenvalue weighted by Crippen LogP contribution is 2.19. The Morgan fingerprint density at radius 2 is 2.25 bits per heavy atom.